The Morgan fingerprint density at radius 3 is 2.81 bits per heavy atom. The number of rotatable bonds is 6. The van der Waals surface area contributed by atoms with Crippen LogP contribution in [0, 0.1) is 5.82 Å². The van der Waals surface area contributed by atoms with Crippen molar-refractivity contribution in [2.45, 2.75) is 18.9 Å². The lowest BCUT2D eigenvalue weighted by molar-refractivity contribution is -0.134. The first-order chi connectivity index (χ1) is 13.1. The lowest BCUT2D eigenvalue weighted by Gasteiger charge is -2.36. The van der Waals surface area contributed by atoms with Crippen LogP contribution in [0.2, 0.25) is 0 Å². The molecular formula is C20H23FN4O2. The van der Waals surface area contributed by atoms with Crippen molar-refractivity contribution in [3.8, 4) is 0 Å². The normalized spacial score (nSPS) is 16.8. The zero-order valence-electron chi connectivity index (χ0n) is 15.0. The maximum atomic E-state index is 12.9. The number of piperazine rings is 1. The van der Waals surface area contributed by atoms with Gasteiger partial charge in [-0.05, 0) is 42.3 Å². The van der Waals surface area contributed by atoms with Crippen LogP contribution in [0.25, 0.3) is 0 Å². The highest BCUT2D eigenvalue weighted by Crippen LogP contribution is 2.22. The number of benzene rings is 1. The third kappa shape index (κ3) is 5.10. The number of pyridine rings is 1. The number of amides is 2. The summed E-state index contributed by atoms with van der Waals surface area (Å²) in [6, 6.07) is 9.21. The first-order valence-electron chi connectivity index (χ1n) is 9.09. The molecule has 7 heteroatoms. The van der Waals surface area contributed by atoms with Gasteiger partial charge in [-0.1, -0.05) is 6.07 Å². The molecule has 142 valence electrons. The molecule has 0 aliphatic carbocycles. The zero-order chi connectivity index (χ0) is 19.1. The largest absolute Gasteiger partial charge is 0.352 e. The van der Waals surface area contributed by atoms with E-state index in [1.165, 1.54) is 24.3 Å². The molecule has 0 saturated carbocycles. The van der Waals surface area contributed by atoms with E-state index in [0.29, 0.717) is 38.0 Å². The molecule has 2 heterocycles. The molecule has 1 fully saturated rings. The van der Waals surface area contributed by atoms with Crippen molar-refractivity contribution in [2.75, 3.05) is 26.2 Å². The molecule has 0 radical (unpaired) electrons. The Hall–Kier alpha value is -2.80. The Morgan fingerprint density at radius 1 is 1.26 bits per heavy atom. The number of nitrogens with zero attached hydrogens (tertiary/aromatic N) is 2. The lowest BCUT2D eigenvalue weighted by atomic mass is 10.0. The minimum absolute atomic E-state index is 0.0197. The second-order valence-electron chi connectivity index (χ2n) is 6.46. The van der Waals surface area contributed by atoms with Crippen LogP contribution in [-0.2, 0) is 4.79 Å². The smallest absolute Gasteiger partial charge is 0.251 e. The molecule has 3 rings (SSSR count). The SMILES string of the molecule is O=C(NCCCC(=O)N1CCNCC1c1cccnc1)c1ccc(F)cc1. The van der Waals surface area contributed by atoms with E-state index in [4.69, 9.17) is 0 Å². The molecule has 1 aromatic heterocycles. The zero-order valence-corrected chi connectivity index (χ0v) is 15.0. The Kier molecular flexibility index (Phi) is 6.49. The lowest BCUT2D eigenvalue weighted by Crippen LogP contribution is -2.48. The van der Waals surface area contributed by atoms with Crippen molar-refractivity contribution >= 4 is 11.8 Å². The number of halogens is 1. The van der Waals surface area contributed by atoms with Gasteiger partial charge < -0.3 is 15.5 Å². The number of nitrogens with one attached hydrogen (secondary N) is 2. The summed E-state index contributed by atoms with van der Waals surface area (Å²) in [4.78, 5) is 30.7. The molecule has 1 saturated heterocycles. The van der Waals surface area contributed by atoms with Gasteiger partial charge in [0.15, 0.2) is 0 Å². The van der Waals surface area contributed by atoms with Crippen molar-refractivity contribution in [1.29, 1.82) is 0 Å². The van der Waals surface area contributed by atoms with Gasteiger partial charge in [-0.25, -0.2) is 4.39 Å². The average molecular weight is 370 g/mol. The Balaban J connectivity index is 1.48. The van der Waals surface area contributed by atoms with E-state index in [0.717, 1.165) is 12.1 Å². The minimum Gasteiger partial charge on any atom is -0.352 e. The van der Waals surface area contributed by atoms with E-state index in [9.17, 15) is 14.0 Å². The quantitative estimate of drug-likeness (QED) is 0.762. The van der Waals surface area contributed by atoms with Crippen LogP contribution in [0.15, 0.2) is 48.8 Å². The summed E-state index contributed by atoms with van der Waals surface area (Å²) in [6.07, 6.45) is 4.42. The Morgan fingerprint density at radius 2 is 2.07 bits per heavy atom. The van der Waals surface area contributed by atoms with E-state index < -0.39 is 0 Å². The molecule has 1 aliphatic rings. The summed E-state index contributed by atoms with van der Waals surface area (Å²) >= 11 is 0. The molecule has 2 aromatic rings. The van der Waals surface area contributed by atoms with E-state index in [1.54, 1.807) is 12.4 Å². The van der Waals surface area contributed by atoms with Gasteiger partial charge in [0, 0.05) is 50.6 Å². The molecule has 1 atom stereocenters. The van der Waals surface area contributed by atoms with Crippen molar-refractivity contribution in [3.63, 3.8) is 0 Å². The molecule has 0 bridgehead atoms. The van der Waals surface area contributed by atoms with Gasteiger partial charge in [0.25, 0.3) is 5.91 Å². The van der Waals surface area contributed by atoms with E-state index in [-0.39, 0.29) is 23.7 Å². The van der Waals surface area contributed by atoms with Gasteiger partial charge in [0.05, 0.1) is 6.04 Å². The maximum absolute atomic E-state index is 12.9. The highest BCUT2D eigenvalue weighted by Gasteiger charge is 2.27. The summed E-state index contributed by atoms with van der Waals surface area (Å²) in [5, 5.41) is 6.08. The average Bonchev–Trinajstić information content (AvgIpc) is 2.72. The van der Waals surface area contributed by atoms with Crippen LogP contribution in [0.4, 0.5) is 4.39 Å². The van der Waals surface area contributed by atoms with Gasteiger partial charge in [0.2, 0.25) is 5.91 Å². The summed E-state index contributed by atoms with van der Waals surface area (Å²) in [5.74, 6) is -0.574. The Labute approximate surface area is 157 Å². The molecule has 27 heavy (non-hydrogen) atoms. The predicted molar refractivity (Wildman–Crippen MR) is 99.5 cm³/mol. The number of hydrogen-bond donors (Lipinski definition) is 2. The summed E-state index contributed by atoms with van der Waals surface area (Å²) in [5.41, 5.74) is 1.42. The van der Waals surface area contributed by atoms with Crippen molar-refractivity contribution in [1.82, 2.24) is 20.5 Å². The summed E-state index contributed by atoms with van der Waals surface area (Å²) in [7, 11) is 0. The molecule has 6 nitrogen and oxygen atoms in total. The molecule has 0 spiro atoms. The number of carbonyl (C=O) groups is 2. The van der Waals surface area contributed by atoms with Gasteiger partial charge in [-0.2, -0.15) is 0 Å². The Bertz CT molecular complexity index is 767. The monoisotopic (exact) mass is 370 g/mol. The molecule has 1 aliphatic heterocycles. The molecule has 2 amide bonds. The summed E-state index contributed by atoms with van der Waals surface area (Å²) in [6.45, 7) is 2.52. The van der Waals surface area contributed by atoms with E-state index in [2.05, 4.69) is 15.6 Å². The van der Waals surface area contributed by atoms with Gasteiger partial charge in [-0.15, -0.1) is 0 Å². The molecule has 2 N–H and O–H groups in total. The van der Waals surface area contributed by atoms with Crippen LogP contribution in [-0.4, -0.2) is 47.9 Å². The van der Waals surface area contributed by atoms with E-state index in [1.807, 2.05) is 17.0 Å². The second-order valence-corrected chi connectivity index (χ2v) is 6.46. The van der Waals surface area contributed by atoms with Crippen LogP contribution in [0.5, 0.6) is 0 Å². The fraction of sp³-hybridized carbons (Fsp3) is 0.350. The highest BCUT2D eigenvalue weighted by molar-refractivity contribution is 5.94. The topological polar surface area (TPSA) is 74.3 Å². The van der Waals surface area contributed by atoms with Crippen molar-refractivity contribution in [2.24, 2.45) is 0 Å². The maximum Gasteiger partial charge on any atom is 0.251 e. The third-order valence-electron chi connectivity index (χ3n) is 4.59. The van der Waals surface area contributed by atoms with Crippen LogP contribution < -0.4 is 10.6 Å². The minimum atomic E-state index is -0.378. The highest BCUT2D eigenvalue weighted by atomic mass is 19.1. The first kappa shape index (κ1) is 19.0. The standard InChI is InChI=1S/C20H23FN4O2/c21-17-7-5-15(6-8-17)20(27)24-10-2-4-19(26)25-12-11-23-14-18(25)16-3-1-9-22-13-16/h1,3,5-9,13,18,23H,2,4,10-12,14H2,(H,24,27). The van der Waals surface area contributed by atoms with Crippen molar-refractivity contribution < 1.29 is 14.0 Å². The number of hydrogen-bond acceptors (Lipinski definition) is 4. The molecular weight excluding hydrogens is 347 g/mol. The van der Waals surface area contributed by atoms with E-state index >= 15 is 0 Å². The van der Waals surface area contributed by atoms with Gasteiger partial charge >= 0.3 is 0 Å². The van der Waals surface area contributed by atoms with Gasteiger partial charge in [0.1, 0.15) is 5.82 Å². The second kappa shape index (κ2) is 9.23. The molecule has 1 unspecified atom stereocenters. The van der Waals surface area contributed by atoms with Gasteiger partial charge in [-0.3, -0.25) is 14.6 Å². The van der Waals surface area contributed by atoms with Crippen LogP contribution in [0.3, 0.4) is 0 Å². The van der Waals surface area contributed by atoms with Crippen molar-refractivity contribution in [3.05, 3.63) is 65.7 Å². The first-order valence-corrected chi connectivity index (χ1v) is 9.09. The predicted octanol–water partition coefficient (Wildman–Crippen LogP) is 1.90. The summed E-state index contributed by atoms with van der Waals surface area (Å²) < 4.78 is 12.9. The third-order valence-corrected chi connectivity index (χ3v) is 4.59. The fourth-order valence-corrected chi connectivity index (χ4v) is 3.16. The van der Waals surface area contributed by atoms with Crippen LogP contribution >= 0.6 is 0 Å². The number of carbonyl (C=O) groups excluding carboxylic acids is 2. The van der Waals surface area contributed by atoms with Crippen LogP contribution in [0.1, 0.15) is 34.8 Å². The number of aromatic nitrogens is 1. The molecule has 1 aromatic carbocycles. The fourth-order valence-electron chi connectivity index (χ4n) is 3.16.